The fourth-order valence-electron chi connectivity index (χ4n) is 2.44. The van der Waals surface area contributed by atoms with Crippen molar-refractivity contribution in [3.8, 4) is 5.75 Å². The first kappa shape index (κ1) is 25.6. The van der Waals surface area contributed by atoms with E-state index in [2.05, 4.69) is 15.6 Å². The second kappa shape index (κ2) is 12.3. The minimum Gasteiger partial charge on any atom is -0.497 e. The Labute approximate surface area is 192 Å². The maximum absolute atomic E-state index is 13.5. The fourth-order valence-corrected chi connectivity index (χ4v) is 2.44. The average Bonchev–Trinajstić information content (AvgIpc) is 2.71. The number of nitrogens with zero attached hydrogens (tertiary/aromatic N) is 2. The first-order valence-corrected chi connectivity index (χ1v) is 9.13. The maximum atomic E-state index is 13.5. The molecular formula is C21H27F2IN4O2. The van der Waals surface area contributed by atoms with Crippen molar-refractivity contribution in [2.75, 3.05) is 27.7 Å². The van der Waals surface area contributed by atoms with Crippen molar-refractivity contribution >= 4 is 35.8 Å². The molecule has 0 bridgehead atoms. The lowest BCUT2D eigenvalue weighted by atomic mass is 10.1. The summed E-state index contributed by atoms with van der Waals surface area (Å²) in [5.41, 5.74) is 1.51. The Bertz CT molecular complexity index is 861. The van der Waals surface area contributed by atoms with Crippen molar-refractivity contribution in [1.82, 2.24) is 15.5 Å². The van der Waals surface area contributed by atoms with Crippen LogP contribution in [0.5, 0.6) is 5.75 Å². The van der Waals surface area contributed by atoms with Gasteiger partial charge < -0.3 is 20.3 Å². The number of guanidine groups is 1. The molecule has 0 spiro atoms. The van der Waals surface area contributed by atoms with Gasteiger partial charge in [0.2, 0.25) is 5.91 Å². The van der Waals surface area contributed by atoms with E-state index < -0.39 is 11.6 Å². The first-order valence-electron chi connectivity index (χ1n) is 9.13. The van der Waals surface area contributed by atoms with Gasteiger partial charge in [-0.15, -0.1) is 24.0 Å². The van der Waals surface area contributed by atoms with E-state index in [-0.39, 0.29) is 42.5 Å². The molecule has 0 radical (unpaired) electrons. The standard InChI is InChI=1S/C21H26F2N4O2.HI/c1-14(16-7-10-18(22)19(23)11-16)26-21(25-13-20(28)27(2)3)24-12-15-5-8-17(29-4)9-6-15;/h5-11,14H,12-13H2,1-4H3,(H2,24,25,26);1H. The van der Waals surface area contributed by atoms with Gasteiger partial charge >= 0.3 is 0 Å². The Morgan fingerprint density at radius 1 is 1.13 bits per heavy atom. The topological polar surface area (TPSA) is 66.0 Å². The van der Waals surface area contributed by atoms with Gasteiger partial charge in [-0.3, -0.25) is 4.79 Å². The summed E-state index contributed by atoms with van der Waals surface area (Å²) in [6.45, 7) is 2.21. The van der Waals surface area contributed by atoms with Crippen LogP contribution in [-0.4, -0.2) is 44.5 Å². The third-order valence-corrected chi connectivity index (χ3v) is 4.28. The van der Waals surface area contributed by atoms with Crippen LogP contribution < -0.4 is 15.4 Å². The molecule has 1 atom stereocenters. The second-order valence-electron chi connectivity index (χ2n) is 6.69. The number of carbonyl (C=O) groups is 1. The second-order valence-corrected chi connectivity index (χ2v) is 6.69. The molecule has 0 fully saturated rings. The van der Waals surface area contributed by atoms with E-state index in [9.17, 15) is 13.6 Å². The lowest BCUT2D eigenvalue weighted by Crippen LogP contribution is -2.43. The molecule has 2 aromatic rings. The molecule has 2 rings (SSSR count). The molecule has 6 nitrogen and oxygen atoms in total. The molecule has 2 aromatic carbocycles. The molecule has 30 heavy (non-hydrogen) atoms. The highest BCUT2D eigenvalue weighted by molar-refractivity contribution is 14.0. The predicted octanol–water partition coefficient (Wildman–Crippen LogP) is 3.48. The Morgan fingerprint density at radius 2 is 1.80 bits per heavy atom. The normalized spacial score (nSPS) is 11.9. The zero-order chi connectivity index (χ0) is 21.4. The number of likely N-dealkylation sites (N-methyl/N-ethyl adjacent to an activating group) is 1. The smallest absolute Gasteiger partial charge is 0.241 e. The van der Waals surface area contributed by atoms with Crippen LogP contribution in [0.1, 0.15) is 24.1 Å². The first-order chi connectivity index (χ1) is 13.8. The number of halogens is 3. The van der Waals surface area contributed by atoms with E-state index in [1.807, 2.05) is 24.3 Å². The zero-order valence-electron chi connectivity index (χ0n) is 17.4. The van der Waals surface area contributed by atoms with Crippen LogP contribution in [0.15, 0.2) is 47.5 Å². The largest absolute Gasteiger partial charge is 0.497 e. The Balaban J connectivity index is 0.00000450. The number of nitrogens with one attached hydrogen (secondary N) is 2. The quantitative estimate of drug-likeness (QED) is 0.326. The van der Waals surface area contributed by atoms with E-state index in [1.54, 1.807) is 28.1 Å². The van der Waals surface area contributed by atoms with Crippen LogP contribution in [-0.2, 0) is 11.3 Å². The van der Waals surface area contributed by atoms with Gasteiger partial charge in [0.15, 0.2) is 17.6 Å². The van der Waals surface area contributed by atoms with Gasteiger partial charge in [0, 0.05) is 14.1 Å². The average molecular weight is 532 g/mol. The molecule has 164 valence electrons. The molecule has 0 aliphatic rings. The Morgan fingerprint density at radius 3 is 2.37 bits per heavy atom. The summed E-state index contributed by atoms with van der Waals surface area (Å²) in [7, 11) is 4.92. The van der Waals surface area contributed by atoms with Gasteiger partial charge in [-0.05, 0) is 42.3 Å². The molecule has 0 aliphatic carbocycles. The number of ether oxygens (including phenoxy) is 1. The molecule has 0 aliphatic heterocycles. The third kappa shape index (κ3) is 7.77. The highest BCUT2D eigenvalue weighted by atomic mass is 127. The van der Waals surface area contributed by atoms with Crippen LogP contribution in [0.4, 0.5) is 8.78 Å². The van der Waals surface area contributed by atoms with E-state index in [0.29, 0.717) is 18.1 Å². The summed E-state index contributed by atoms with van der Waals surface area (Å²) >= 11 is 0. The zero-order valence-corrected chi connectivity index (χ0v) is 19.7. The van der Waals surface area contributed by atoms with Gasteiger partial charge in [-0.1, -0.05) is 18.2 Å². The Kier molecular flexibility index (Phi) is 10.5. The molecule has 0 saturated carbocycles. The van der Waals surface area contributed by atoms with Crippen molar-refractivity contribution < 1.29 is 18.3 Å². The van der Waals surface area contributed by atoms with Crippen molar-refractivity contribution in [3.63, 3.8) is 0 Å². The third-order valence-electron chi connectivity index (χ3n) is 4.28. The van der Waals surface area contributed by atoms with Crippen LogP contribution in [0.3, 0.4) is 0 Å². The number of carbonyl (C=O) groups excluding carboxylic acids is 1. The molecule has 2 N–H and O–H groups in total. The monoisotopic (exact) mass is 532 g/mol. The van der Waals surface area contributed by atoms with Crippen LogP contribution in [0, 0.1) is 11.6 Å². The lowest BCUT2D eigenvalue weighted by molar-refractivity contribution is -0.127. The number of amides is 1. The molecule has 0 saturated heterocycles. The van der Waals surface area contributed by atoms with Gasteiger partial charge in [0.05, 0.1) is 26.2 Å². The summed E-state index contributed by atoms with van der Waals surface area (Å²) < 4.78 is 31.9. The highest BCUT2D eigenvalue weighted by Crippen LogP contribution is 2.16. The van der Waals surface area contributed by atoms with Gasteiger partial charge in [0.25, 0.3) is 0 Å². The molecule has 0 aromatic heterocycles. The minimum atomic E-state index is -0.913. The number of rotatable bonds is 7. The fraction of sp³-hybridized carbons (Fsp3) is 0.333. The predicted molar refractivity (Wildman–Crippen MR) is 124 cm³/mol. The summed E-state index contributed by atoms with van der Waals surface area (Å²) in [6, 6.07) is 10.8. The van der Waals surface area contributed by atoms with E-state index in [0.717, 1.165) is 23.4 Å². The molecule has 0 heterocycles. The maximum Gasteiger partial charge on any atom is 0.241 e. The minimum absolute atomic E-state index is 0. The Hall–Kier alpha value is -2.43. The van der Waals surface area contributed by atoms with Crippen LogP contribution >= 0.6 is 24.0 Å². The van der Waals surface area contributed by atoms with Crippen molar-refractivity contribution in [2.24, 2.45) is 4.99 Å². The molecule has 1 amide bonds. The molecule has 9 heteroatoms. The number of hydrogen-bond donors (Lipinski definition) is 2. The van der Waals surface area contributed by atoms with Gasteiger partial charge in [-0.2, -0.15) is 0 Å². The summed E-state index contributed by atoms with van der Waals surface area (Å²) in [4.78, 5) is 17.9. The molecular weight excluding hydrogens is 505 g/mol. The summed E-state index contributed by atoms with van der Waals surface area (Å²) in [5, 5.41) is 6.10. The van der Waals surface area contributed by atoms with E-state index in [1.165, 1.54) is 11.0 Å². The van der Waals surface area contributed by atoms with Crippen molar-refractivity contribution in [3.05, 3.63) is 65.2 Å². The highest BCUT2D eigenvalue weighted by Gasteiger charge is 2.12. The van der Waals surface area contributed by atoms with E-state index in [4.69, 9.17) is 4.74 Å². The summed E-state index contributed by atoms with van der Waals surface area (Å²) in [5.74, 6) is -0.803. The number of methoxy groups -OCH3 is 1. The number of hydrogen-bond acceptors (Lipinski definition) is 3. The molecule has 1 unspecified atom stereocenters. The van der Waals surface area contributed by atoms with Gasteiger partial charge in [0.1, 0.15) is 5.75 Å². The lowest BCUT2D eigenvalue weighted by Gasteiger charge is -2.20. The number of aliphatic imine (C=N–C) groups is 1. The van der Waals surface area contributed by atoms with E-state index >= 15 is 0 Å². The summed E-state index contributed by atoms with van der Waals surface area (Å²) in [6.07, 6.45) is 0. The number of benzene rings is 2. The van der Waals surface area contributed by atoms with Crippen molar-refractivity contribution in [1.29, 1.82) is 0 Å². The van der Waals surface area contributed by atoms with Crippen LogP contribution in [0.2, 0.25) is 0 Å². The van der Waals surface area contributed by atoms with Crippen LogP contribution in [0.25, 0.3) is 0 Å². The van der Waals surface area contributed by atoms with Crippen molar-refractivity contribution in [2.45, 2.75) is 19.5 Å². The SMILES string of the molecule is COc1ccc(CN=C(NCC(=O)N(C)C)NC(C)c2ccc(F)c(F)c2)cc1.I. The van der Waals surface area contributed by atoms with Gasteiger partial charge in [-0.25, -0.2) is 13.8 Å².